The molecule has 21 heavy (non-hydrogen) atoms. The Balaban J connectivity index is 1.82. The van der Waals surface area contributed by atoms with Crippen molar-refractivity contribution in [2.75, 3.05) is 36.8 Å². The van der Waals surface area contributed by atoms with Gasteiger partial charge < -0.3 is 15.5 Å². The lowest BCUT2D eigenvalue weighted by Crippen LogP contribution is -2.36. The number of piperidine rings is 1. The van der Waals surface area contributed by atoms with Gasteiger partial charge in [-0.3, -0.25) is 4.79 Å². The maximum Gasteiger partial charge on any atom is 0.224 e. The molecule has 2 heterocycles. The van der Waals surface area contributed by atoms with Crippen LogP contribution in [0, 0.1) is 0 Å². The summed E-state index contributed by atoms with van der Waals surface area (Å²) >= 11 is 6.05. The molecule has 0 bridgehead atoms. The second-order valence-corrected chi connectivity index (χ2v) is 5.45. The Labute approximate surface area is 130 Å². The van der Waals surface area contributed by atoms with Crippen LogP contribution >= 0.6 is 11.6 Å². The van der Waals surface area contributed by atoms with E-state index in [4.69, 9.17) is 11.6 Å². The molecule has 6 nitrogen and oxygen atoms in total. The zero-order valence-corrected chi connectivity index (χ0v) is 13.1. The van der Waals surface area contributed by atoms with Crippen LogP contribution in [0.2, 0.25) is 5.02 Å². The highest BCUT2D eigenvalue weighted by atomic mass is 35.5. The first-order valence-corrected chi connectivity index (χ1v) is 7.86. The molecule has 1 aromatic rings. The molecule has 1 saturated heterocycles. The number of hydrogen-bond acceptors (Lipinski definition) is 5. The van der Waals surface area contributed by atoms with Crippen LogP contribution in [0.25, 0.3) is 0 Å². The van der Waals surface area contributed by atoms with E-state index in [9.17, 15) is 4.79 Å². The molecule has 0 radical (unpaired) electrons. The smallest absolute Gasteiger partial charge is 0.224 e. The Hall–Kier alpha value is -1.56. The summed E-state index contributed by atoms with van der Waals surface area (Å²) < 4.78 is 0. The lowest BCUT2D eigenvalue weighted by molar-refractivity contribution is -0.131. The van der Waals surface area contributed by atoms with Crippen molar-refractivity contribution in [1.29, 1.82) is 0 Å². The summed E-state index contributed by atoms with van der Waals surface area (Å²) in [4.78, 5) is 22.3. The molecule has 0 unspecified atom stereocenters. The topological polar surface area (TPSA) is 70.2 Å². The minimum absolute atomic E-state index is 0.194. The van der Waals surface area contributed by atoms with E-state index in [0.29, 0.717) is 29.8 Å². The number of halogens is 1. The van der Waals surface area contributed by atoms with Gasteiger partial charge in [0.1, 0.15) is 10.8 Å². The summed E-state index contributed by atoms with van der Waals surface area (Å²) in [6.45, 7) is 5.02. The molecule has 116 valence electrons. The van der Waals surface area contributed by atoms with E-state index in [1.165, 1.54) is 6.42 Å². The van der Waals surface area contributed by atoms with Crippen molar-refractivity contribution < 1.29 is 4.79 Å². The third-order valence-corrected chi connectivity index (χ3v) is 3.70. The number of anilines is 2. The van der Waals surface area contributed by atoms with Crippen molar-refractivity contribution in [1.82, 2.24) is 14.9 Å². The molecule has 1 aliphatic heterocycles. The lowest BCUT2D eigenvalue weighted by Gasteiger charge is -2.26. The molecule has 1 aromatic heterocycles. The van der Waals surface area contributed by atoms with E-state index in [-0.39, 0.29) is 5.91 Å². The van der Waals surface area contributed by atoms with Crippen molar-refractivity contribution in [3.05, 3.63) is 11.2 Å². The van der Waals surface area contributed by atoms with Gasteiger partial charge in [0.25, 0.3) is 0 Å². The minimum Gasteiger partial charge on any atom is -0.368 e. The van der Waals surface area contributed by atoms with Crippen LogP contribution in [0.3, 0.4) is 0 Å². The lowest BCUT2D eigenvalue weighted by atomic mass is 10.1. The summed E-state index contributed by atoms with van der Waals surface area (Å²) in [5, 5.41) is 6.60. The molecular formula is C14H22ClN5O. The van der Waals surface area contributed by atoms with E-state index >= 15 is 0 Å². The Morgan fingerprint density at radius 3 is 2.81 bits per heavy atom. The number of carbonyl (C=O) groups excluding carboxylic acids is 1. The van der Waals surface area contributed by atoms with Gasteiger partial charge in [0.2, 0.25) is 11.9 Å². The minimum atomic E-state index is 0.194. The van der Waals surface area contributed by atoms with Crippen molar-refractivity contribution in [3.63, 3.8) is 0 Å². The molecule has 0 aromatic carbocycles. The van der Waals surface area contributed by atoms with Gasteiger partial charge in [-0.15, -0.1) is 0 Å². The first-order chi connectivity index (χ1) is 10.2. The van der Waals surface area contributed by atoms with Gasteiger partial charge in [-0.2, -0.15) is 4.98 Å². The molecule has 0 spiro atoms. The third-order valence-electron chi connectivity index (χ3n) is 3.42. The quantitative estimate of drug-likeness (QED) is 0.844. The molecule has 1 aliphatic rings. The van der Waals surface area contributed by atoms with Gasteiger partial charge in [0, 0.05) is 32.6 Å². The molecule has 1 amide bonds. The van der Waals surface area contributed by atoms with Crippen LogP contribution in [-0.2, 0) is 4.79 Å². The van der Waals surface area contributed by atoms with E-state index in [0.717, 1.165) is 32.5 Å². The van der Waals surface area contributed by atoms with Crippen LogP contribution in [0.5, 0.6) is 0 Å². The molecule has 2 N–H and O–H groups in total. The van der Waals surface area contributed by atoms with Crippen molar-refractivity contribution in [2.24, 2.45) is 0 Å². The summed E-state index contributed by atoms with van der Waals surface area (Å²) in [6.07, 6.45) is 5.47. The number of hydrogen-bond donors (Lipinski definition) is 2. The summed E-state index contributed by atoms with van der Waals surface area (Å²) in [7, 11) is 0. The highest BCUT2D eigenvalue weighted by molar-refractivity contribution is 6.32. The number of aromatic nitrogens is 2. The first kappa shape index (κ1) is 15.8. The van der Waals surface area contributed by atoms with Gasteiger partial charge in [0.15, 0.2) is 0 Å². The maximum absolute atomic E-state index is 12.1. The van der Waals surface area contributed by atoms with Gasteiger partial charge in [0.05, 0.1) is 6.20 Å². The number of nitrogens with one attached hydrogen (secondary N) is 2. The Bertz CT molecular complexity index is 476. The fourth-order valence-electron chi connectivity index (χ4n) is 2.32. The fraction of sp³-hybridized carbons (Fsp3) is 0.643. The zero-order chi connectivity index (χ0) is 15.1. The fourth-order valence-corrected chi connectivity index (χ4v) is 2.48. The molecule has 2 rings (SSSR count). The third kappa shape index (κ3) is 4.74. The summed E-state index contributed by atoms with van der Waals surface area (Å²) in [6, 6.07) is 0. The Kier molecular flexibility index (Phi) is 6.04. The number of amides is 1. The number of likely N-dealkylation sites (tertiary alicyclic amines) is 1. The van der Waals surface area contributed by atoms with E-state index in [1.807, 2.05) is 11.8 Å². The molecule has 0 atom stereocenters. The van der Waals surface area contributed by atoms with Gasteiger partial charge >= 0.3 is 0 Å². The second kappa shape index (κ2) is 8.02. The van der Waals surface area contributed by atoms with Crippen LogP contribution in [0.15, 0.2) is 6.20 Å². The van der Waals surface area contributed by atoms with Crippen LogP contribution in [0.1, 0.15) is 32.6 Å². The monoisotopic (exact) mass is 311 g/mol. The highest BCUT2D eigenvalue weighted by Crippen LogP contribution is 2.19. The van der Waals surface area contributed by atoms with E-state index < -0.39 is 0 Å². The van der Waals surface area contributed by atoms with Crippen LogP contribution in [-0.4, -0.2) is 47.0 Å². The van der Waals surface area contributed by atoms with Gasteiger partial charge in [-0.05, 0) is 26.2 Å². The maximum atomic E-state index is 12.1. The van der Waals surface area contributed by atoms with Gasteiger partial charge in [-0.1, -0.05) is 11.6 Å². The van der Waals surface area contributed by atoms with Crippen LogP contribution < -0.4 is 10.6 Å². The first-order valence-electron chi connectivity index (χ1n) is 7.48. The number of nitrogens with zero attached hydrogens (tertiary/aromatic N) is 3. The van der Waals surface area contributed by atoms with Gasteiger partial charge in [-0.25, -0.2) is 4.98 Å². The van der Waals surface area contributed by atoms with Crippen molar-refractivity contribution in [3.8, 4) is 0 Å². The molecule has 7 heteroatoms. The summed E-state index contributed by atoms with van der Waals surface area (Å²) in [5.74, 6) is 1.29. The van der Waals surface area contributed by atoms with Crippen molar-refractivity contribution >= 4 is 29.3 Å². The SMILES string of the molecule is CCNc1ncc(Cl)c(NCCC(=O)N2CCCCC2)n1. The predicted octanol–water partition coefficient (Wildman–Crippen LogP) is 2.38. The molecule has 0 aliphatic carbocycles. The standard InChI is InChI=1S/C14H22ClN5O/c1-2-16-14-18-10-11(15)13(19-14)17-7-6-12(21)20-8-4-3-5-9-20/h10H,2-9H2,1H3,(H2,16,17,18,19). The number of rotatable bonds is 6. The average Bonchev–Trinajstić information content (AvgIpc) is 2.51. The summed E-state index contributed by atoms with van der Waals surface area (Å²) in [5.41, 5.74) is 0. The Morgan fingerprint density at radius 2 is 2.10 bits per heavy atom. The van der Waals surface area contributed by atoms with E-state index in [1.54, 1.807) is 6.20 Å². The van der Waals surface area contributed by atoms with Crippen LogP contribution in [0.4, 0.5) is 11.8 Å². The average molecular weight is 312 g/mol. The normalized spacial score (nSPS) is 14.9. The van der Waals surface area contributed by atoms with E-state index in [2.05, 4.69) is 20.6 Å². The molecule has 1 fully saturated rings. The molecule has 0 saturated carbocycles. The predicted molar refractivity (Wildman–Crippen MR) is 84.7 cm³/mol. The number of carbonyl (C=O) groups is 1. The highest BCUT2D eigenvalue weighted by Gasteiger charge is 2.16. The largest absolute Gasteiger partial charge is 0.368 e. The zero-order valence-electron chi connectivity index (χ0n) is 12.4. The van der Waals surface area contributed by atoms with Crippen molar-refractivity contribution in [2.45, 2.75) is 32.6 Å². The second-order valence-electron chi connectivity index (χ2n) is 5.04. The molecular weight excluding hydrogens is 290 g/mol. The Morgan fingerprint density at radius 1 is 1.33 bits per heavy atom.